The van der Waals surface area contributed by atoms with Crippen LogP contribution in [0.15, 0.2) is 54.7 Å². The van der Waals surface area contributed by atoms with E-state index in [1.807, 2.05) is 0 Å². The van der Waals surface area contributed by atoms with Crippen molar-refractivity contribution in [1.29, 1.82) is 0 Å². The lowest BCUT2D eigenvalue weighted by Gasteiger charge is -2.12. The normalized spacial score (nSPS) is 11.1. The number of carbonyl (C=O) groups is 1. The zero-order chi connectivity index (χ0) is 22.6. The molecule has 0 aliphatic rings. The molecule has 0 aliphatic heterocycles. The first-order valence-electron chi connectivity index (χ1n) is 8.81. The number of halogens is 4. The Morgan fingerprint density at radius 3 is 2.48 bits per heavy atom. The number of nitrogens with one attached hydrogen (secondary N) is 1. The van der Waals surface area contributed by atoms with Gasteiger partial charge in [0.25, 0.3) is 0 Å². The van der Waals surface area contributed by atoms with Gasteiger partial charge in [-0.15, -0.1) is 13.2 Å². The largest absolute Gasteiger partial charge is 0.573 e. The summed E-state index contributed by atoms with van der Waals surface area (Å²) >= 11 is 5.86. The van der Waals surface area contributed by atoms with Crippen LogP contribution in [0, 0.1) is 0 Å². The van der Waals surface area contributed by atoms with Crippen molar-refractivity contribution < 1.29 is 32.5 Å². The fraction of sp³-hybridized carbons (Fsp3) is 0.143. The van der Waals surface area contributed by atoms with Crippen LogP contribution in [0.4, 0.5) is 19.0 Å². The second kappa shape index (κ2) is 9.13. The molecule has 2 N–H and O–H groups in total. The minimum Gasteiger partial charge on any atom is -0.496 e. The maximum atomic E-state index is 12.4. The van der Waals surface area contributed by atoms with E-state index in [0.29, 0.717) is 22.5 Å². The molecule has 1 aromatic heterocycles. The highest BCUT2D eigenvalue weighted by Gasteiger charge is 2.31. The van der Waals surface area contributed by atoms with E-state index in [9.17, 15) is 23.1 Å². The number of ether oxygens (including phenoxy) is 2. The number of hydrogen-bond acceptors (Lipinski definition) is 5. The average Bonchev–Trinajstić information content (AvgIpc) is 2.70. The molecular formula is C21H16ClF3N2O4. The predicted octanol–water partition coefficient (Wildman–Crippen LogP) is 5.62. The van der Waals surface area contributed by atoms with Crippen molar-refractivity contribution in [2.45, 2.75) is 12.9 Å². The summed E-state index contributed by atoms with van der Waals surface area (Å²) in [6.45, 7) is 0.160. The summed E-state index contributed by atoms with van der Waals surface area (Å²) in [5, 5.41) is 12.4. The van der Waals surface area contributed by atoms with Crippen molar-refractivity contribution in [1.82, 2.24) is 4.98 Å². The quantitative estimate of drug-likeness (QED) is 0.484. The minimum atomic E-state index is -4.81. The third-order valence-electron chi connectivity index (χ3n) is 4.16. The van der Waals surface area contributed by atoms with Gasteiger partial charge >= 0.3 is 12.3 Å². The molecule has 162 valence electrons. The van der Waals surface area contributed by atoms with Crippen LogP contribution in [0.3, 0.4) is 0 Å². The van der Waals surface area contributed by atoms with E-state index < -0.39 is 18.1 Å². The SMILES string of the molecule is COc1ccc(-c2ccc(NCc3cc(Cl)cc(OC(F)(F)F)c3)nc2)cc1C(=O)O. The zero-order valence-electron chi connectivity index (χ0n) is 16.0. The van der Waals surface area contributed by atoms with Gasteiger partial charge in [-0.05, 0) is 53.6 Å². The number of hydrogen-bond donors (Lipinski definition) is 2. The van der Waals surface area contributed by atoms with Crippen LogP contribution in [-0.2, 0) is 6.54 Å². The number of aromatic nitrogens is 1. The number of nitrogens with zero attached hydrogens (tertiary/aromatic N) is 1. The van der Waals surface area contributed by atoms with E-state index in [2.05, 4.69) is 15.0 Å². The van der Waals surface area contributed by atoms with Crippen molar-refractivity contribution in [3.05, 3.63) is 70.9 Å². The van der Waals surface area contributed by atoms with Gasteiger partial charge in [-0.25, -0.2) is 9.78 Å². The maximum Gasteiger partial charge on any atom is 0.573 e. The number of methoxy groups -OCH3 is 1. The molecule has 0 saturated heterocycles. The minimum absolute atomic E-state index is 0.0278. The highest BCUT2D eigenvalue weighted by Crippen LogP contribution is 2.28. The predicted molar refractivity (Wildman–Crippen MR) is 109 cm³/mol. The molecule has 0 radical (unpaired) electrons. The molecule has 0 unspecified atom stereocenters. The Bertz CT molecular complexity index is 1090. The van der Waals surface area contributed by atoms with E-state index in [0.717, 1.165) is 6.07 Å². The Morgan fingerprint density at radius 2 is 1.87 bits per heavy atom. The van der Waals surface area contributed by atoms with Crippen molar-refractivity contribution in [2.24, 2.45) is 0 Å². The summed E-state index contributed by atoms with van der Waals surface area (Å²) in [7, 11) is 1.39. The Hall–Kier alpha value is -3.46. The third kappa shape index (κ3) is 6.02. The maximum absolute atomic E-state index is 12.4. The van der Waals surface area contributed by atoms with Crippen molar-refractivity contribution >= 4 is 23.4 Å². The van der Waals surface area contributed by atoms with E-state index in [-0.39, 0.29) is 22.9 Å². The van der Waals surface area contributed by atoms with E-state index in [1.165, 1.54) is 25.3 Å². The molecule has 0 spiro atoms. The molecule has 0 atom stereocenters. The average molecular weight is 453 g/mol. The highest BCUT2D eigenvalue weighted by molar-refractivity contribution is 6.30. The van der Waals surface area contributed by atoms with E-state index in [1.54, 1.807) is 30.5 Å². The Kier molecular flexibility index (Phi) is 6.55. The monoisotopic (exact) mass is 452 g/mol. The number of rotatable bonds is 7. The van der Waals surface area contributed by atoms with Gasteiger partial charge in [-0.2, -0.15) is 0 Å². The van der Waals surface area contributed by atoms with Gasteiger partial charge in [-0.1, -0.05) is 17.7 Å². The Labute approximate surface area is 180 Å². The number of carboxylic acid groups (broad SMARTS) is 1. The molecule has 1 heterocycles. The lowest BCUT2D eigenvalue weighted by Crippen LogP contribution is -2.17. The Balaban J connectivity index is 1.72. The fourth-order valence-corrected chi connectivity index (χ4v) is 3.08. The molecule has 0 amide bonds. The van der Waals surface area contributed by atoms with Crippen molar-refractivity contribution in [3.63, 3.8) is 0 Å². The number of carboxylic acids is 1. The van der Waals surface area contributed by atoms with Crippen LogP contribution in [0.1, 0.15) is 15.9 Å². The first-order chi connectivity index (χ1) is 14.6. The highest BCUT2D eigenvalue weighted by atomic mass is 35.5. The summed E-state index contributed by atoms with van der Waals surface area (Å²) in [5.41, 5.74) is 1.82. The second-order valence-corrected chi connectivity index (χ2v) is 6.79. The molecule has 3 rings (SSSR count). The van der Waals surface area contributed by atoms with Crippen LogP contribution in [0.5, 0.6) is 11.5 Å². The van der Waals surface area contributed by atoms with Crippen LogP contribution < -0.4 is 14.8 Å². The molecule has 0 fully saturated rings. The summed E-state index contributed by atoms with van der Waals surface area (Å²) in [6.07, 6.45) is -3.26. The van der Waals surface area contributed by atoms with Crippen LogP contribution >= 0.6 is 11.6 Å². The van der Waals surface area contributed by atoms with Gasteiger partial charge in [0.05, 0.1) is 7.11 Å². The van der Waals surface area contributed by atoms with Crippen molar-refractivity contribution in [3.8, 4) is 22.6 Å². The summed E-state index contributed by atoms with van der Waals surface area (Å²) in [4.78, 5) is 15.6. The number of alkyl halides is 3. The number of anilines is 1. The molecular weight excluding hydrogens is 437 g/mol. The smallest absolute Gasteiger partial charge is 0.496 e. The standard InChI is InChI=1S/C21H16ClF3N2O4/c1-30-18-4-2-13(8-17(18)20(28)29)14-3-5-19(27-11-14)26-10-12-6-15(22)9-16(7-12)31-21(23,24)25/h2-9,11H,10H2,1H3,(H,26,27)(H,28,29). The second-order valence-electron chi connectivity index (χ2n) is 6.35. The van der Waals surface area contributed by atoms with E-state index in [4.69, 9.17) is 16.3 Å². The molecule has 0 aliphatic carbocycles. The molecule has 0 bridgehead atoms. The zero-order valence-corrected chi connectivity index (χ0v) is 16.8. The Morgan fingerprint density at radius 1 is 1.13 bits per heavy atom. The van der Waals surface area contributed by atoms with Gasteiger partial charge in [-0.3, -0.25) is 0 Å². The van der Waals surface area contributed by atoms with Gasteiger partial charge in [0.2, 0.25) is 0 Å². The molecule has 0 saturated carbocycles. The van der Waals surface area contributed by atoms with Gasteiger partial charge in [0.1, 0.15) is 22.9 Å². The van der Waals surface area contributed by atoms with Crippen molar-refractivity contribution in [2.75, 3.05) is 12.4 Å². The fourth-order valence-electron chi connectivity index (χ4n) is 2.83. The first kappa shape index (κ1) is 22.2. The summed E-state index contributed by atoms with van der Waals surface area (Å²) in [6, 6.07) is 12.0. The summed E-state index contributed by atoms with van der Waals surface area (Å²) in [5.74, 6) is -0.805. The van der Waals surface area contributed by atoms with Crippen LogP contribution in [-0.4, -0.2) is 29.5 Å². The molecule has 10 heteroatoms. The first-order valence-corrected chi connectivity index (χ1v) is 9.19. The topological polar surface area (TPSA) is 80.7 Å². The molecule has 3 aromatic rings. The summed E-state index contributed by atoms with van der Waals surface area (Å²) < 4.78 is 46.2. The van der Waals surface area contributed by atoms with Crippen LogP contribution in [0.25, 0.3) is 11.1 Å². The molecule has 6 nitrogen and oxygen atoms in total. The van der Waals surface area contributed by atoms with Gasteiger partial charge in [0, 0.05) is 23.3 Å². The van der Waals surface area contributed by atoms with Gasteiger partial charge < -0.3 is 19.9 Å². The van der Waals surface area contributed by atoms with Gasteiger partial charge in [0.15, 0.2) is 0 Å². The lowest BCUT2D eigenvalue weighted by atomic mass is 10.0. The third-order valence-corrected chi connectivity index (χ3v) is 4.38. The number of pyridine rings is 1. The lowest BCUT2D eigenvalue weighted by molar-refractivity contribution is -0.274. The molecule has 31 heavy (non-hydrogen) atoms. The van der Waals surface area contributed by atoms with Crippen LogP contribution in [0.2, 0.25) is 5.02 Å². The van der Waals surface area contributed by atoms with E-state index >= 15 is 0 Å². The molecule has 2 aromatic carbocycles. The number of benzene rings is 2. The number of aromatic carboxylic acids is 1.